The van der Waals surface area contributed by atoms with Crippen molar-refractivity contribution in [2.75, 3.05) is 20.6 Å². The summed E-state index contributed by atoms with van der Waals surface area (Å²) in [5, 5.41) is 11.0. The van der Waals surface area contributed by atoms with Crippen LogP contribution in [0.3, 0.4) is 0 Å². The minimum absolute atomic E-state index is 0.0361. The summed E-state index contributed by atoms with van der Waals surface area (Å²) in [6.07, 6.45) is 3.65. The van der Waals surface area contributed by atoms with E-state index in [2.05, 4.69) is 25.2 Å². The summed E-state index contributed by atoms with van der Waals surface area (Å²) in [4.78, 5) is 20.3. The maximum atomic E-state index is 12.3. The summed E-state index contributed by atoms with van der Waals surface area (Å²) in [6, 6.07) is 0.125. The number of likely N-dealkylation sites (tertiary alicyclic amines) is 1. The molecule has 1 saturated heterocycles. The van der Waals surface area contributed by atoms with Gasteiger partial charge in [-0.2, -0.15) is 10.1 Å². The Morgan fingerprint density at radius 3 is 3.05 bits per heavy atom. The summed E-state index contributed by atoms with van der Waals surface area (Å²) in [5.74, 6) is 1.20. The number of carbonyl (C=O) groups is 1. The van der Waals surface area contributed by atoms with Crippen molar-refractivity contribution in [3.8, 4) is 0 Å². The number of H-pyrrole nitrogens is 1. The molecule has 8 heteroatoms. The number of hydrogen-bond donors (Lipinski definition) is 1. The third-order valence-electron chi connectivity index (χ3n) is 3.92. The number of nitrogens with zero attached hydrogens (tertiary/aromatic N) is 5. The van der Waals surface area contributed by atoms with Crippen LogP contribution in [0.15, 0.2) is 10.7 Å². The van der Waals surface area contributed by atoms with Crippen LogP contribution in [0.5, 0.6) is 0 Å². The SMILES string of the molecule is Cc1nc(CN2CCCC2c2[nH]ncc2C(=O)N(C)C)no1. The molecule has 0 radical (unpaired) electrons. The van der Waals surface area contributed by atoms with Crippen LogP contribution in [0, 0.1) is 6.92 Å². The molecule has 22 heavy (non-hydrogen) atoms. The third kappa shape index (κ3) is 2.74. The molecule has 0 aliphatic carbocycles. The van der Waals surface area contributed by atoms with Crippen molar-refractivity contribution in [3.05, 3.63) is 29.2 Å². The number of aromatic amines is 1. The highest BCUT2D eigenvalue weighted by atomic mass is 16.5. The van der Waals surface area contributed by atoms with Gasteiger partial charge in [0.2, 0.25) is 5.89 Å². The van der Waals surface area contributed by atoms with E-state index >= 15 is 0 Å². The minimum atomic E-state index is -0.0361. The Kier molecular flexibility index (Phi) is 3.93. The Hall–Kier alpha value is -2.22. The molecule has 0 aromatic carbocycles. The lowest BCUT2D eigenvalue weighted by Crippen LogP contribution is -2.27. The molecule has 1 aliphatic rings. The van der Waals surface area contributed by atoms with Crippen LogP contribution in [-0.4, -0.2) is 56.7 Å². The Morgan fingerprint density at radius 2 is 2.36 bits per heavy atom. The van der Waals surface area contributed by atoms with Crippen LogP contribution in [0.25, 0.3) is 0 Å². The Balaban J connectivity index is 1.81. The van der Waals surface area contributed by atoms with Crippen LogP contribution in [0.1, 0.15) is 46.7 Å². The van der Waals surface area contributed by atoms with E-state index in [0.29, 0.717) is 23.8 Å². The molecule has 1 fully saturated rings. The molecule has 8 nitrogen and oxygen atoms in total. The molecule has 2 aromatic heterocycles. The molecule has 1 aliphatic heterocycles. The summed E-state index contributed by atoms with van der Waals surface area (Å²) >= 11 is 0. The number of hydrogen-bond acceptors (Lipinski definition) is 6. The van der Waals surface area contributed by atoms with E-state index in [1.165, 1.54) is 0 Å². The van der Waals surface area contributed by atoms with Crippen molar-refractivity contribution in [1.29, 1.82) is 0 Å². The standard InChI is InChI=1S/C14H20N6O2/c1-9-16-12(18-22-9)8-20-6-4-5-11(20)13-10(7-15-17-13)14(21)19(2)3/h7,11H,4-6,8H2,1-3H3,(H,15,17). The van der Waals surface area contributed by atoms with Gasteiger partial charge in [-0.15, -0.1) is 0 Å². The van der Waals surface area contributed by atoms with Crippen molar-refractivity contribution < 1.29 is 9.32 Å². The van der Waals surface area contributed by atoms with Crippen molar-refractivity contribution in [2.24, 2.45) is 0 Å². The first-order valence-electron chi connectivity index (χ1n) is 7.34. The second kappa shape index (κ2) is 5.88. The number of aromatic nitrogens is 4. The fourth-order valence-electron chi connectivity index (χ4n) is 2.89. The molecule has 3 heterocycles. The van der Waals surface area contributed by atoms with Gasteiger partial charge >= 0.3 is 0 Å². The monoisotopic (exact) mass is 304 g/mol. The molecular weight excluding hydrogens is 284 g/mol. The number of rotatable bonds is 4. The van der Waals surface area contributed by atoms with E-state index in [9.17, 15) is 4.79 Å². The summed E-state index contributed by atoms with van der Waals surface area (Å²) < 4.78 is 5.03. The molecule has 0 saturated carbocycles. The van der Waals surface area contributed by atoms with Gasteiger partial charge in [-0.25, -0.2) is 0 Å². The van der Waals surface area contributed by atoms with Gasteiger partial charge in [-0.1, -0.05) is 5.16 Å². The molecule has 0 spiro atoms. The Labute approximate surface area is 128 Å². The zero-order valence-electron chi connectivity index (χ0n) is 13.0. The van der Waals surface area contributed by atoms with Crippen LogP contribution in [-0.2, 0) is 6.54 Å². The van der Waals surface area contributed by atoms with Crippen molar-refractivity contribution >= 4 is 5.91 Å². The first kappa shape index (κ1) is 14.7. The largest absolute Gasteiger partial charge is 0.345 e. The zero-order valence-corrected chi connectivity index (χ0v) is 13.0. The predicted octanol–water partition coefficient (Wildman–Crippen LogP) is 1.14. The second-order valence-corrected chi connectivity index (χ2v) is 5.76. The average molecular weight is 304 g/mol. The zero-order chi connectivity index (χ0) is 15.7. The average Bonchev–Trinajstić information content (AvgIpc) is 3.18. The van der Waals surface area contributed by atoms with E-state index < -0.39 is 0 Å². The lowest BCUT2D eigenvalue weighted by Gasteiger charge is -2.23. The van der Waals surface area contributed by atoms with E-state index in [1.54, 1.807) is 32.1 Å². The lowest BCUT2D eigenvalue weighted by atomic mass is 10.1. The van der Waals surface area contributed by atoms with Gasteiger partial charge in [0.05, 0.1) is 30.0 Å². The number of nitrogens with one attached hydrogen (secondary N) is 1. The molecule has 1 atom stereocenters. The van der Waals surface area contributed by atoms with Crippen molar-refractivity contribution in [3.63, 3.8) is 0 Å². The smallest absolute Gasteiger partial charge is 0.256 e. The summed E-state index contributed by atoms with van der Waals surface area (Å²) in [7, 11) is 3.49. The molecule has 1 amide bonds. The van der Waals surface area contributed by atoms with Gasteiger partial charge in [0.25, 0.3) is 5.91 Å². The second-order valence-electron chi connectivity index (χ2n) is 5.76. The molecule has 2 aromatic rings. The van der Waals surface area contributed by atoms with E-state index in [-0.39, 0.29) is 11.9 Å². The lowest BCUT2D eigenvalue weighted by molar-refractivity contribution is 0.0824. The molecule has 118 valence electrons. The van der Waals surface area contributed by atoms with Crippen LogP contribution < -0.4 is 0 Å². The quantitative estimate of drug-likeness (QED) is 0.911. The Bertz CT molecular complexity index is 662. The number of amides is 1. The van der Waals surface area contributed by atoms with E-state index in [1.807, 2.05) is 0 Å². The normalized spacial score (nSPS) is 18.8. The van der Waals surface area contributed by atoms with Gasteiger partial charge < -0.3 is 9.42 Å². The fourth-order valence-corrected chi connectivity index (χ4v) is 2.89. The highest BCUT2D eigenvalue weighted by Crippen LogP contribution is 2.33. The number of aryl methyl sites for hydroxylation is 1. The molecule has 0 bridgehead atoms. The maximum absolute atomic E-state index is 12.3. The summed E-state index contributed by atoms with van der Waals surface area (Å²) in [5.41, 5.74) is 1.50. The van der Waals surface area contributed by atoms with Crippen molar-refractivity contribution in [2.45, 2.75) is 32.4 Å². The fraction of sp³-hybridized carbons (Fsp3) is 0.571. The minimum Gasteiger partial charge on any atom is -0.345 e. The third-order valence-corrected chi connectivity index (χ3v) is 3.92. The van der Waals surface area contributed by atoms with Crippen LogP contribution >= 0.6 is 0 Å². The van der Waals surface area contributed by atoms with Crippen LogP contribution in [0.2, 0.25) is 0 Å². The van der Waals surface area contributed by atoms with Gasteiger partial charge in [0, 0.05) is 21.0 Å². The van der Waals surface area contributed by atoms with Gasteiger partial charge in [0.1, 0.15) is 0 Å². The first-order valence-corrected chi connectivity index (χ1v) is 7.34. The van der Waals surface area contributed by atoms with Gasteiger partial charge in [-0.05, 0) is 19.4 Å². The molecular formula is C14H20N6O2. The molecule has 3 rings (SSSR count). The summed E-state index contributed by atoms with van der Waals surface area (Å²) in [6.45, 7) is 3.32. The highest BCUT2D eigenvalue weighted by molar-refractivity contribution is 5.94. The van der Waals surface area contributed by atoms with E-state index in [0.717, 1.165) is 25.1 Å². The van der Waals surface area contributed by atoms with Crippen molar-refractivity contribution in [1.82, 2.24) is 30.1 Å². The number of carbonyl (C=O) groups excluding carboxylic acids is 1. The highest BCUT2D eigenvalue weighted by Gasteiger charge is 2.32. The maximum Gasteiger partial charge on any atom is 0.256 e. The predicted molar refractivity (Wildman–Crippen MR) is 78.0 cm³/mol. The van der Waals surface area contributed by atoms with Gasteiger partial charge in [0.15, 0.2) is 5.82 Å². The first-order chi connectivity index (χ1) is 10.6. The molecule has 1 N–H and O–H groups in total. The van der Waals surface area contributed by atoms with E-state index in [4.69, 9.17) is 4.52 Å². The van der Waals surface area contributed by atoms with Gasteiger partial charge in [-0.3, -0.25) is 14.8 Å². The van der Waals surface area contributed by atoms with Crippen LogP contribution in [0.4, 0.5) is 0 Å². The molecule has 1 unspecified atom stereocenters. The topological polar surface area (TPSA) is 91.2 Å². The Morgan fingerprint density at radius 1 is 1.55 bits per heavy atom.